The van der Waals surface area contributed by atoms with Crippen LogP contribution in [0.2, 0.25) is 5.02 Å². The van der Waals surface area contributed by atoms with E-state index in [1.165, 1.54) is 0 Å². The summed E-state index contributed by atoms with van der Waals surface area (Å²) in [4.78, 5) is 13.1. The number of amides is 1. The minimum Gasteiger partial charge on any atom is -0.373 e. The molecule has 0 radical (unpaired) electrons. The summed E-state index contributed by atoms with van der Waals surface area (Å²) < 4.78 is 0. The zero-order valence-corrected chi connectivity index (χ0v) is 9.29. The maximum absolute atomic E-state index is 11.2. The van der Waals surface area contributed by atoms with E-state index < -0.39 is 5.91 Å². The number of primary amides is 1. The molecule has 1 aromatic rings. The van der Waals surface area contributed by atoms with E-state index in [0.29, 0.717) is 29.4 Å². The summed E-state index contributed by atoms with van der Waals surface area (Å²) in [6.07, 6.45) is 0. The van der Waals surface area contributed by atoms with E-state index in [4.69, 9.17) is 23.1 Å². The van der Waals surface area contributed by atoms with E-state index >= 15 is 0 Å². The van der Waals surface area contributed by atoms with Gasteiger partial charge in [0.1, 0.15) is 0 Å². The number of benzene rings is 1. The van der Waals surface area contributed by atoms with Crippen LogP contribution >= 0.6 is 11.6 Å². The first-order valence-electron chi connectivity index (χ1n) is 4.57. The Morgan fingerprint density at radius 1 is 1.53 bits per heavy atom. The molecule has 4 N–H and O–H groups in total. The standard InChI is InChI=1S/C10H14ClN3O/c1-14(6-5-12)8-4-2-3-7(11)9(8)10(13)15/h2-4H,5-6,12H2,1H3,(H2,13,15). The monoisotopic (exact) mass is 227 g/mol. The highest BCUT2D eigenvalue weighted by Crippen LogP contribution is 2.26. The molecule has 0 atom stereocenters. The molecule has 1 rings (SSSR count). The third-order valence-electron chi connectivity index (χ3n) is 2.11. The normalized spacial score (nSPS) is 10.1. The van der Waals surface area contributed by atoms with Crippen LogP contribution in [0.4, 0.5) is 5.69 Å². The second-order valence-corrected chi connectivity index (χ2v) is 3.62. The van der Waals surface area contributed by atoms with Gasteiger partial charge in [0.05, 0.1) is 16.3 Å². The van der Waals surface area contributed by atoms with Gasteiger partial charge in [-0.25, -0.2) is 0 Å². The van der Waals surface area contributed by atoms with Gasteiger partial charge in [0, 0.05) is 20.1 Å². The van der Waals surface area contributed by atoms with Crippen LogP contribution in [0, 0.1) is 0 Å². The number of hydrogen-bond donors (Lipinski definition) is 2. The molecule has 0 aromatic heterocycles. The Hall–Kier alpha value is -1.26. The van der Waals surface area contributed by atoms with Crippen LogP contribution in [0.25, 0.3) is 0 Å². The number of nitrogens with zero attached hydrogens (tertiary/aromatic N) is 1. The summed E-state index contributed by atoms with van der Waals surface area (Å²) in [5, 5.41) is 0.365. The molecule has 0 heterocycles. The zero-order valence-electron chi connectivity index (χ0n) is 8.53. The Morgan fingerprint density at radius 3 is 2.73 bits per heavy atom. The third-order valence-corrected chi connectivity index (χ3v) is 2.43. The first kappa shape index (κ1) is 11.8. The maximum atomic E-state index is 11.2. The van der Waals surface area contributed by atoms with Crippen molar-refractivity contribution in [2.45, 2.75) is 0 Å². The highest BCUT2D eigenvalue weighted by Gasteiger charge is 2.14. The maximum Gasteiger partial charge on any atom is 0.252 e. The summed E-state index contributed by atoms with van der Waals surface area (Å²) in [7, 11) is 1.84. The molecule has 0 spiro atoms. The highest BCUT2D eigenvalue weighted by molar-refractivity contribution is 6.34. The lowest BCUT2D eigenvalue weighted by atomic mass is 10.1. The fourth-order valence-electron chi connectivity index (χ4n) is 1.39. The van der Waals surface area contributed by atoms with Gasteiger partial charge in [-0.1, -0.05) is 17.7 Å². The van der Waals surface area contributed by atoms with Gasteiger partial charge < -0.3 is 16.4 Å². The van der Waals surface area contributed by atoms with Crippen LogP contribution in [0.5, 0.6) is 0 Å². The molecule has 1 amide bonds. The van der Waals surface area contributed by atoms with Crippen molar-refractivity contribution < 1.29 is 4.79 Å². The molecule has 0 fully saturated rings. The highest BCUT2D eigenvalue weighted by atomic mass is 35.5. The van der Waals surface area contributed by atoms with Crippen molar-refractivity contribution in [2.75, 3.05) is 25.0 Å². The van der Waals surface area contributed by atoms with Crippen molar-refractivity contribution in [1.82, 2.24) is 0 Å². The summed E-state index contributed by atoms with van der Waals surface area (Å²) in [6.45, 7) is 1.14. The number of halogens is 1. The number of nitrogens with two attached hydrogens (primary N) is 2. The van der Waals surface area contributed by atoms with Gasteiger partial charge in [-0.3, -0.25) is 4.79 Å². The lowest BCUT2D eigenvalue weighted by Gasteiger charge is -2.21. The Morgan fingerprint density at radius 2 is 2.20 bits per heavy atom. The molecule has 15 heavy (non-hydrogen) atoms. The van der Waals surface area contributed by atoms with Crippen molar-refractivity contribution in [3.63, 3.8) is 0 Å². The number of hydrogen-bond acceptors (Lipinski definition) is 3. The lowest BCUT2D eigenvalue weighted by Crippen LogP contribution is -2.27. The van der Waals surface area contributed by atoms with Crippen molar-refractivity contribution in [3.05, 3.63) is 28.8 Å². The third kappa shape index (κ3) is 2.61. The first-order chi connectivity index (χ1) is 7.07. The minimum atomic E-state index is -0.528. The Balaban J connectivity index is 3.16. The van der Waals surface area contributed by atoms with E-state index in [9.17, 15) is 4.79 Å². The van der Waals surface area contributed by atoms with Crippen LogP contribution in [0.15, 0.2) is 18.2 Å². The molecular formula is C10H14ClN3O. The van der Waals surface area contributed by atoms with Gasteiger partial charge in [0.2, 0.25) is 0 Å². The fraction of sp³-hybridized carbons (Fsp3) is 0.300. The molecular weight excluding hydrogens is 214 g/mol. The van der Waals surface area contributed by atoms with E-state index in [0.717, 1.165) is 0 Å². The predicted octanol–water partition coefficient (Wildman–Crippen LogP) is 0.834. The molecule has 0 saturated heterocycles. The molecule has 82 valence electrons. The van der Waals surface area contributed by atoms with Gasteiger partial charge in [-0.2, -0.15) is 0 Å². The minimum absolute atomic E-state index is 0.343. The predicted molar refractivity (Wildman–Crippen MR) is 62.3 cm³/mol. The molecule has 4 nitrogen and oxygen atoms in total. The molecule has 5 heteroatoms. The Labute approximate surface area is 93.8 Å². The molecule has 0 saturated carbocycles. The van der Waals surface area contributed by atoms with Gasteiger partial charge in [0.25, 0.3) is 5.91 Å². The number of carbonyl (C=O) groups excluding carboxylic acids is 1. The van der Waals surface area contributed by atoms with Crippen LogP contribution in [0.3, 0.4) is 0 Å². The topological polar surface area (TPSA) is 72.3 Å². The van der Waals surface area contributed by atoms with Crippen LogP contribution in [-0.2, 0) is 0 Å². The zero-order chi connectivity index (χ0) is 11.4. The number of anilines is 1. The van der Waals surface area contributed by atoms with Crippen molar-refractivity contribution in [2.24, 2.45) is 11.5 Å². The second kappa shape index (κ2) is 5.00. The molecule has 0 aliphatic rings. The van der Waals surface area contributed by atoms with Crippen molar-refractivity contribution in [3.8, 4) is 0 Å². The lowest BCUT2D eigenvalue weighted by molar-refractivity contribution is 0.100. The number of likely N-dealkylation sites (N-methyl/N-ethyl adjacent to an activating group) is 1. The largest absolute Gasteiger partial charge is 0.373 e. The van der Waals surface area contributed by atoms with E-state index in [-0.39, 0.29) is 0 Å². The van der Waals surface area contributed by atoms with E-state index in [2.05, 4.69) is 0 Å². The summed E-state index contributed by atoms with van der Waals surface area (Å²) in [6, 6.07) is 5.21. The smallest absolute Gasteiger partial charge is 0.252 e. The van der Waals surface area contributed by atoms with E-state index in [1.54, 1.807) is 18.2 Å². The molecule has 0 aliphatic carbocycles. The van der Waals surface area contributed by atoms with Gasteiger partial charge >= 0.3 is 0 Å². The van der Waals surface area contributed by atoms with Gasteiger partial charge in [0.15, 0.2) is 0 Å². The van der Waals surface area contributed by atoms with Gasteiger partial charge in [-0.15, -0.1) is 0 Å². The molecule has 0 unspecified atom stereocenters. The SMILES string of the molecule is CN(CCN)c1cccc(Cl)c1C(N)=O. The molecule has 0 aliphatic heterocycles. The van der Waals surface area contributed by atoms with Crippen LogP contribution in [-0.4, -0.2) is 26.0 Å². The van der Waals surface area contributed by atoms with Crippen LogP contribution < -0.4 is 16.4 Å². The first-order valence-corrected chi connectivity index (χ1v) is 4.95. The number of carbonyl (C=O) groups is 1. The average molecular weight is 228 g/mol. The molecule has 1 aromatic carbocycles. The van der Waals surface area contributed by atoms with E-state index in [1.807, 2.05) is 11.9 Å². The summed E-state index contributed by atoms with van der Waals surface area (Å²) >= 11 is 5.91. The molecule has 0 bridgehead atoms. The number of rotatable bonds is 4. The fourth-order valence-corrected chi connectivity index (χ4v) is 1.65. The van der Waals surface area contributed by atoms with Crippen LogP contribution in [0.1, 0.15) is 10.4 Å². The second-order valence-electron chi connectivity index (χ2n) is 3.21. The van der Waals surface area contributed by atoms with Crippen molar-refractivity contribution in [1.29, 1.82) is 0 Å². The Kier molecular flexibility index (Phi) is 3.94. The van der Waals surface area contributed by atoms with Gasteiger partial charge in [-0.05, 0) is 12.1 Å². The van der Waals surface area contributed by atoms with Crippen molar-refractivity contribution >= 4 is 23.2 Å². The summed E-state index contributed by atoms with van der Waals surface area (Å²) in [5.74, 6) is -0.528. The summed E-state index contributed by atoms with van der Waals surface area (Å²) in [5.41, 5.74) is 11.8. The Bertz CT molecular complexity index is 368. The quantitative estimate of drug-likeness (QED) is 0.801. The average Bonchev–Trinajstić information content (AvgIpc) is 2.17.